The Balaban J connectivity index is 1.91. The minimum Gasteiger partial charge on any atom is -0.471 e. The van der Waals surface area contributed by atoms with Gasteiger partial charge in [-0.25, -0.2) is 4.79 Å². The van der Waals surface area contributed by atoms with Crippen molar-refractivity contribution in [3.8, 4) is 29.6 Å². The first kappa shape index (κ1) is 20.6. The summed E-state index contributed by atoms with van der Waals surface area (Å²) < 4.78 is 53.6. The number of esters is 1. The van der Waals surface area contributed by atoms with Gasteiger partial charge in [-0.15, -0.1) is 19.6 Å². The van der Waals surface area contributed by atoms with Crippen LogP contribution in [0.1, 0.15) is 42.5 Å². The predicted molar refractivity (Wildman–Crippen MR) is 99.8 cm³/mol. The molecule has 7 heteroatoms. The first-order valence-corrected chi connectivity index (χ1v) is 9.14. The van der Waals surface area contributed by atoms with E-state index in [1.54, 1.807) is 30.3 Å². The summed E-state index contributed by atoms with van der Waals surface area (Å²) in [6, 6.07) is 11.7. The molecule has 0 aliphatic heterocycles. The summed E-state index contributed by atoms with van der Waals surface area (Å²) in [4.78, 5) is 12.4. The van der Waals surface area contributed by atoms with Gasteiger partial charge in [0.15, 0.2) is 17.1 Å². The number of para-hydroxylation sites is 1. The first-order chi connectivity index (χ1) is 13.8. The summed E-state index contributed by atoms with van der Waals surface area (Å²) in [5, 5.41) is 0. The van der Waals surface area contributed by atoms with Gasteiger partial charge < -0.3 is 14.2 Å². The molecule has 0 unspecified atom stereocenters. The maximum Gasteiger partial charge on any atom is 0.573 e. The van der Waals surface area contributed by atoms with E-state index < -0.39 is 23.7 Å². The van der Waals surface area contributed by atoms with E-state index in [2.05, 4.69) is 10.7 Å². The van der Waals surface area contributed by atoms with Crippen LogP contribution in [-0.4, -0.2) is 17.9 Å². The molecule has 2 aromatic carbocycles. The molecule has 0 heterocycles. The van der Waals surface area contributed by atoms with E-state index in [-0.39, 0.29) is 11.3 Å². The number of carbonyl (C=O) groups is 1. The highest BCUT2D eigenvalue weighted by atomic mass is 19.4. The number of hydrogen-bond acceptors (Lipinski definition) is 4. The summed E-state index contributed by atoms with van der Waals surface area (Å²) in [6.07, 6.45) is 4.31. The summed E-state index contributed by atoms with van der Waals surface area (Å²) in [5.74, 6) is 1.33. The summed E-state index contributed by atoms with van der Waals surface area (Å²) in [5.41, 5.74) is -1.02. The van der Waals surface area contributed by atoms with Gasteiger partial charge in [-0.2, -0.15) is 0 Å². The number of rotatable bonds is 5. The van der Waals surface area contributed by atoms with Crippen LogP contribution in [0.4, 0.5) is 13.2 Å². The molecule has 1 aliphatic carbocycles. The van der Waals surface area contributed by atoms with Crippen LogP contribution in [0.15, 0.2) is 48.5 Å². The number of carbonyl (C=O) groups excluding carboxylic acids is 1. The summed E-state index contributed by atoms with van der Waals surface area (Å²) >= 11 is 0. The molecule has 1 saturated carbocycles. The van der Waals surface area contributed by atoms with Crippen LogP contribution in [0.25, 0.3) is 0 Å². The highest BCUT2D eigenvalue weighted by Gasteiger charge is 2.36. The molecule has 1 fully saturated rings. The van der Waals surface area contributed by atoms with E-state index in [1.165, 1.54) is 12.1 Å². The molecular weight excluding hydrogens is 385 g/mol. The molecule has 0 aromatic heterocycles. The topological polar surface area (TPSA) is 44.8 Å². The number of terminal acetylenes is 1. The second-order valence-electron chi connectivity index (χ2n) is 6.71. The third-order valence-electron chi connectivity index (χ3n) is 4.59. The fourth-order valence-electron chi connectivity index (χ4n) is 3.19. The Bertz CT molecular complexity index is 895. The van der Waals surface area contributed by atoms with E-state index in [1.807, 2.05) is 0 Å². The Kier molecular flexibility index (Phi) is 6.02. The van der Waals surface area contributed by atoms with Gasteiger partial charge in [-0.05, 0) is 56.0 Å². The minimum absolute atomic E-state index is 0.0151. The van der Waals surface area contributed by atoms with Gasteiger partial charge in [0.25, 0.3) is 0 Å². The van der Waals surface area contributed by atoms with Crippen LogP contribution in [0.3, 0.4) is 0 Å². The van der Waals surface area contributed by atoms with Crippen molar-refractivity contribution in [1.82, 2.24) is 0 Å². The van der Waals surface area contributed by atoms with Gasteiger partial charge in [0, 0.05) is 0 Å². The third kappa shape index (κ3) is 5.44. The number of halogens is 3. The van der Waals surface area contributed by atoms with Crippen molar-refractivity contribution < 1.29 is 32.2 Å². The molecular formula is C22H19F3O4. The standard InChI is InChI=1S/C22H19F3O4/c1-2-21(13-7-4-8-14-21)28-19-15-16(11-12-18(19)29-22(23,24)25)20(26)27-17-9-5-3-6-10-17/h1,3,5-6,9-12,15H,4,7-8,13-14H2. The molecule has 0 bridgehead atoms. The van der Waals surface area contributed by atoms with Crippen molar-refractivity contribution >= 4 is 5.97 Å². The van der Waals surface area contributed by atoms with Crippen LogP contribution in [-0.2, 0) is 0 Å². The Morgan fingerprint density at radius 2 is 1.69 bits per heavy atom. The molecule has 0 atom stereocenters. The van der Waals surface area contributed by atoms with E-state index in [0.717, 1.165) is 25.3 Å². The Labute approximate surface area is 166 Å². The first-order valence-electron chi connectivity index (χ1n) is 9.14. The molecule has 0 radical (unpaired) electrons. The largest absolute Gasteiger partial charge is 0.573 e. The fraction of sp³-hybridized carbons (Fsp3) is 0.318. The number of alkyl halides is 3. The summed E-state index contributed by atoms with van der Waals surface area (Å²) in [6.45, 7) is 0. The lowest BCUT2D eigenvalue weighted by atomic mass is 9.85. The van der Waals surface area contributed by atoms with Gasteiger partial charge in [0.05, 0.1) is 5.56 Å². The molecule has 0 saturated heterocycles. The highest BCUT2D eigenvalue weighted by molar-refractivity contribution is 5.91. The zero-order chi connectivity index (χ0) is 20.9. The lowest BCUT2D eigenvalue weighted by Crippen LogP contribution is -2.37. The number of benzene rings is 2. The van der Waals surface area contributed by atoms with Crippen molar-refractivity contribution in [2.24, 2.45) is 0 Å². The monoisotopic (exact) mass is 404 g/mol. The Morgan fingerprint density at radius 3 is 2.31 bits per heavy atom. The van der Waals surface area contributed by atoms with Crippen LogP contribution in [0.5, 0.6) is 17.2 Å². The second kappa shape index (κ2) is 8.48. The lowest BCUT2D eigenvalue weighted by molar-refractivity contribution is -0.275. The van der Waals surface area contributed by atoms with Gasteiger partial charge in [0.2, 0.25) is 0 Å². The van der Waals surface area contributed by atoms with E-state index >= 15 is 0 Å². The molecule has 1 aliphatic rings. The molecule has 2 aromatic rings. The maximum absolute atomic E-state index is 12.8. The molecule has 0 N–H and O–H groups in total. The second-order valence-corrected chi connectivity index (χ2v) is 6.71. The van der Waals surface area contributed by atoms with Gasteiger partial charge in [-0.3, -0.25) is 0 Å². The van der Waals surface area contributed by atoms with Crippen molar-refractivity contribution in [2.45, 2.75) is 44.1 Å². The SMILES string of the molecule is C#CC1(Oc2cc(C(=O)Oc3ccccc3)ccc2OC(F)(F)F)CCCCC1. The van der Waals surface area contributed by atoms with Crippen molar-refractivity contribution in [1.29, 1.82) is 0 Å². The quantitative estimate of drug-likeness (QED) is 0.374. The Hall–Kier alpha value is -3.14. The molecule has 152 valence electrons. The molecule has 0 spiro atoms. The van der Waals surface area contributed by atoms with Crippen molar-refractivity contribution in [2.75, 3.05) is 0 Å². The van der Waals surface area contributed by atoms with Crippen LogP contribution < -0.4 is 14.2 Å². The normalized spacial score (nSPS) is 15.8. The maximum atomic E-state index is 12.8. The zero-order valence-electron chi connectivity index (χ0n) is 15.5. The average molecular weight is 404 g/mol. The fourth-order valence-corrected chi connectivity index (χ4v) is 3.19. The smallest absolute Gasteiger partial charge is 0.471 e. The average Bonchev–Trinajstić information content (AvgIpc) is 2.70. The van der Waals surface area contributed by atoms with Crippen LogP contribution >= 0.6 is 0 Å². The zero-order valence-corrected chi connectivity index (χ0v) is 15.5. The molecule has 0 amide bonds. The van der Waals surface area contributed by atoms with E-state index in [0.29, 0.717) is 18.6 Å². The lowest BCUT2D eigenvalue weighted by Gasteiger charge is -2.33. The number of hydrogen-bond donors (Lipinski definition) is 0. The predicted octanol–water partition coefficient (Wildman–Crippen LogP) is 5.52. The highest BCUT2D eigenvalue weighted by Crippen LogP contribution is 2.39. The van der Waals surface area contributed by atoms with Crippen LogP contribution in [0, 0.1) is 12.3 Å². The van der Waals surface area contributed by atoms with Gasteiger partial charge in [-0.1, -0.05) is 30.5 Å². The van der Waals surface area contributed by atoms with Crippen LogP contribution in [0.2, 0.25) is 0 Å². The van der Waals surface area contributed by atoms with Crippen molar-refractivity contribution in [3.05, 3.63) is 54.1 Å². The van der Waals surface area contributed by atoms with Gasteiger partial charge >= 0.3 is 12.3 Å². The van der Waals surface area contributed by atoms with E-state index in [9.17, 15) is 18.0 Å². The van der Waals surface area contributed by atoms with E-state index in [4.69, 9.17) is 15.9 Å². The molecule has 3 rings (SSSR count). The van der Waals surface area contributed by atoms with Gasteiger partial charge in [0.1, 0.15) is 5.75 Å². The summed E-state index contributed by atoms with van der Waals surface area (Å²) in [7, 11) is 0. The Morgan fingerprint density at radius 1 is 1.00 bits per heavy atom. The minimum atomic E-state index is -4.92. The molecule has 4 nitrogen and oxygen atoms in total. The molecule has 29 heavy (non-hydrogen) atoms. The third-order valence-corrected chi connectivity index (χ3v) is 4.59. The van der Waals surface area contributed by atoms with Crippen molar-refractivity contribution in [3.63, 3.8) is 0 Å². The number of ether oxygens (including phenoxy) is 3.